The number of thiazole rings is 1. The molecule has 2 aromatic carbocycles. The lowest BCUT2D eigenvalue weighted by Gasteiger charge is -1.99. The minimum absolute atomic E-state index is 0. The van der Waals surface area contributed by atoms with Gasteiger partial charge in [0.05, 0.1) is 23.5 Å². The number of hydrogen-bond donors (Lipinski definition) is 1. The number of fused-ring (bicyclic) bond motifs is 1. The summed E-state index contributed by atoms with van der Waals surface area (Å²) in [7, 11) is 1.66. The van der Waals surface area contributed by atoms with Crippen molar-refractivity contribution in [3.8, 4) is 5.75 Å². The van der Waals surface area contributed by atoms with E-state index in [-0.39, 0.29) is 44.1 Å². The van der Waals surface area contributed by atoms with Gasteiger partial charge in [-0.25, -0.2) is 9.97 Å². The number of halogens is 2. The van der Waals surface area contributed by atoms with Gasteiger partial charge in [-0.15, -0.1) is 0 Å². The van der Waals surface area contributed by atoms with Crippen molar-refractivity contribution in [1.29, 1.82) is 0 Å². The van der Waals surface area contributed by atoms with Crippen LogP contribution in [0.5, 0.6) is 5.75 Å². The second-order valence-corrected chi connectivity index (χ2v) is 10.1. The third-order valence-corrected chi connectivity index (χ3v) is 7.53. The molecule has 4 aromatic rings. The van der Waals surface area contributed by atoms with Gasteiger partial charge in [-0.2, -0.15) is 0 Å². The number of rotatable bonds is 5. The molecule has 0 saturated carbocycles. The summed E-state index contributed by atoms with van der Waals surface area (Å²) in [6, 6.07) is 17.9. The normalized spacial score (nSPS) is 10.4. The predicted molar refractivity (Wildman–Crippen MR) is 107 cm³/mol. The molecule has 4 rings (SSSR count). The van der Waals surface area contributed by atoms with Crippen molar-refractivity contribution in [3.05, 3.63) is 79.2 Å². The maximum absolute atomic E-state index is 12.5. The van der Waals surface area contributed by atoms with Crippen LogP contribution in [0.25, 0.3) is 10.2 Å². The molecule has 0 atom stereocenters. The second kappa shape index (κ2) is 9.64. The Morgan fingerprint density at radius 1 is 1.07 bits per heavy atom. The van der Waals surface area contributed by atoms with Crippen LogP contribution in [0.1, 0.15) is 16.1 Å². The molecule has 2 heterocycles. The number of amides is 1. The summed E-state index contributed by atoms with van der Waals surface area (Å²) in [5.74, 6) is 0.605. The van der Waals surface area contributed by atoms with E-state index in [2.05, 4.69) is 33.5 Å². The molecular weight excluding hydrogens is 565 g/mol. The first kappa shape index (κ1) is 21.7. The Morgan fingerprint density at radius 3 is 2.52 bits per heavy atom. The van der Waals surface area contributed by atoms with E-state index in [1.807, 2.05) is 37.3 Å². The van der Waals surface area contributed by atoms with Crippen molar-refractivity contribution in [1.82, 2.24) is 9.97 Å². The number of anilines is 1. The lowest BCUT2D eigenvalue weighted by Crippen LogP contribution is -3.61. The highest BCUT2D eigenvalue weighted by Crippen LogP contribution is 2.26. The number of carbonyl (C=O) groups is 1. The third-order valence-electron chi connectivity index (χ3n) is 3.99. The Hall–Kier alpha value is -2.04. The molecule has 0 aliphatic carbocycles. The highest BCUT2D eigenvalue weighted by atomic mass is 127. The van der Waals surface area contributed by atoms with Gasteiger partial charge in [-0.1, -0.05) is 17.4 Å². The summed E-state index contributed by atoms with van der Waals surface area (Å²) in [6.45, 7) is 2.04. The van der Waals surface area contributed by atoms with E-state index >= 15 is 0 Å². The van der Waals surface area contributed by atoms with E-state index in [1.165, 1.54) is 20.5 Å². The van der Waals surface area contributed by atoms with Crippen LogP contribution in [0.2, 0.25) is 0 Å². The molecule has 0 bridgehead atoms. The Labute approximate surface area is 193 Å². The van der Waals surface area contributed by atoms with Crippen LogP contribution in [-0.4, -0.2) is 23.0 Å². The third kappa shape index (κ3) is 5.31. The molecular formula is C21H17BrIN3O2S. The molecule has 0 radical (unpaired) electrons. The van der Waals surface area contributed by atoms with E-state index in [1.54, 1.807) is 19.4 Å². The molecule has 0 saturated heterocycles. The standard InChI is InChI=1S/C21H16IN3O2S.BrH/c1-13-3-9-17-19(11-13)28-21(24-17)25-20(26)18-10-6-15(12-23-18)22-14-4-7-16(27-2)8-5-14;/h3-12H,1-2H3;1H. The number of methoxy groups -OCH3 is 1. The summed E-state index contributed by atoms with van der Waals surface area (Å²) in [5, 5.41) is 3.44. The SMILES string of the molecule is COc1ccc([I+]c2ccc(C(=O)Nc3nc4ccc(C)cc4s3)nc2)cc1.[Br-]. The first-order chi connectivity index (χ1) is 13.6. The van der Waals surface area contributed by atoms with Crippen molar-refractivity contribution in [2.45, 2.75) is 6.92 Å². The minimum Gasteiger partial charge on any atom is -1.00 e. The average molecular weight is 582 g/mol. The molecule has 0 unspecified atom stereocenters. The Balaban J connectivity index is 0.00000240. The van der Waals surface area contributed by atoms with Crippen LogP contribution >= 0.6 is 11.3 Å². The van der Waals surface area contributed by atoms with E-state index < -0.39 is 0 Å². The molecule has 2 aromatic heterocycles. The van der Waals surface area contributed by atoms with Gasteiger partial charge in [0, 0.05) is 0 Å². The summed E-state index contributed by atoms with van der Waals surface area (Å²) in [5.41, 5.74) is 2.45. The van der Waals surface area contributed by atoms with Gasteiger partial charge in [-0.05, 0) is 61.0 Å². The van der Waals surface area contributed by atoms with E-state index in [0.29, 0.717) is 10.8 Å². The topological polar surface area (TPSA) is 64.1 Å². The molecule has 0 spiro atoms. The first-order valence-electron chi connectivity index (χ1n) is 8.54. The Morgan fingerprint density at radius 2 is 1.83 bits per heavy atom. The van der Waals surface area contributed by atoms with Crippen molar-refractivity contribution in [2.75, 3.05) is 12.4 Å². The molecule has 0 fully saturated rings. The van der Waals surface area contributed by atoms with Crippen molar-refractivity contribution >= 4 is 32.6 Å². The summed E-state index contributed by atoms with van der Waals surface area (Å²) in [6.07, 6.45) is 1.79. The summed E-state index contributed by atoms with van der Waals surface area (Å²) >= 11 is 1.12. The number of nitrogens with one attached hydrogen (secondary N) is 1. The van der Waals surface area contributed by atoms with Gasteiger partial charge in [0.1, 0.15) is 11.4 Å². The van der Waals surface area contributed by atoms with Gasteiger partial charge in [-0.3, -0.25) is 10.1 Å². The Bertz CT molecular complexity index is 1130. The van der Waals surface area contributed by atoms with Crippen LogP contribution in [0.15, 0.2) is 60.8 Å². The fourth-order valence-corrected chi connectivity index (χ4v) is 5.61. The number of ether oxygens (including phenoxy) is 1. The van der Waals surface area contributed by atoms with Crippen LogP contribution in [0.3, 0.4) is 0 Å². The van der Waals surface area contributed by atoms with Crippen molar-refractivity contribution in [3.63, 3.8) is 0 Å². The lowest BCUT2D eigenvalue weighted by atomic mass is 10.2. The summed E-state index contributed by atoms with van der Waals surface area (Å²) in [4.78, 5) is 21.3. The first-order valence-corrected chi connectivity index (χ1v) is 11.5. The number of nitrogens with zero attached hydrogens (tertiary/aromatic N) is 2. The van der Waals surface area contributed by atoms with Gasteiger partial charge in [0.25, 0.3) is 5.91 Å². The van der Waals surface area contributed by atoms with Gasteiger partial charge in [0.2, 0.25) is 3.57 Å². The smallest absolute Gasteiger partial charge is 0.359 e. The van der Waals surface area contributed by atoms with E-state index in [9.17, 15) is 4.79 Å². The molecule has 148 valence electrons. The Kier molecular flexibility index (Phi) is 7.20. The van der Waals surface area contributed by atoms with Crippen LogP contribution in [0.4, 0.5) is 5.13 Å². The zero-order chi connectivity index (χ0) is 19.5. The number of carbonyl (C=O) groups excluding carboxylic acids is 1. The molecule has 29 heavy (non-hydrogen) atoms. The average Bonchev–Trinajstić information content (AvgIpc) is 3.10. The number of aryl methyl sites for hydroxylation is 1. The van der Waals surface area contributed by atoms with Crippen molar-refractivity contribution in [2.24, 2.45) is 0 Å². The number of aromatic nitrogens is 2. The predicted octanol–water partition coefficient (Wildman–Crippen LogP) is -1.61. The van der Waals surface area contributed by atoms with Gasteiger partial charge >= 0.3 is 21.2 Å². The molecule has 5 nitrogen and oxygen atoms in total. The molecule has 1 amide bonds. The monoisotopic (exact) mass is 581 g/mol. The molecule has 1 N–H and O–H groups in total. The number of hydrogen-bond acceptors (Lipinski definition) is 5. The number of pyridine rings is 1. The summed E-state index contributed by atoms with van der Waals surface area (Å²) < 4.78 is 8.66. The molecule has 0 aliphatic rings. The maximum Gasteiger partial charge on any atom is 0.359 e. The van der Waals surface area contributed by atoms with E-state index in [4.69, 9.17) is 4.74 Å². The second-order valence-electron chi connectivity index (χ2n) is 6.06. The van der Waals surface area contributed by atoms with Crippen molar-refractivity contribution < 1.29 is 47.7 Å². The zero-order valence-corrected chi connectivity index (χ0v) is 20.2. The van der Waals surface area contributed by atoms with Crippen LogP contribution < -0.4 is 48.2 Å². The number of benzene rings is 2. The van der Waals surface area contributed by atoms with Crippen LogP contribution in [0, 0.1) is 14.1 Å². The maximum atomic E-state index is 12.5. The molecule has 8 heteroatoms. The van der Waals surface area contributed by atoms with Gasteiger partial charge < -0.3 is 21.7 Å². The zero-order valence-electron chi connectivity index (χ0n) is 15.6. The highest BCUT2D eigenvalue weighted by molar-refractivity contribution is 7.22. The lowest BCUT2D eigenvalue weighted by molar-refractivity contribution is -0.597. The van der Waals surface area contributed by atoms with Crippen LogP contribution in [-0.2, 0) is 0 Å². The van der Waals surface area contributed by atoms with E-state index in [0.717, 1.165) is 19.5 Å². The van der Waals surface area contributed by atoms with Gasteiger partial charge in [0.15, 0.2) is 8.70 Å². The minimum atomic E-state index is -0.349. The quantitative estimate of drug-likeness (QED) is 0.288. The highest BCUT2D eigenvalue weighted by Gasteiger charge is 2.18. The molecule has 0 aliphatic heterocycles. The fraction of sp³-hybridized carbons (Fsp3) is 0.0952. The fourth-order valence-electron chi connectivity index (χ4n) is 2.57. The largest absolute Gasteiger partial charge is 1.00 e.